The molecule has 0 amide bonds. The lowest BCUT2D eigenvalue weighted by Crippen LogP contribution is -2.19. The summed E-state index contributed by atoms with van der Waals surface area (Å²) in [6.45, 7) is 2.16. The van der Waals surface area contributed by atoms with Gasteiger partial charge in [0.05, 0.1) is 6.61 Å². The maximum Gasteiger partial charge on any atom is 0.376 e. The second kappa shape index (κ2) is 5.09. The second-order valence-corrected chi connectivity index (χ2v) is 4.07. The average molecular weight is 223 g/mol. The summed E-state index contributed by atoms with van der Waals surface area (Å²) in [5.41, 5.74) is 0. The molecule has 1 fully saturated rings. The van der Waals surface area contributed by atoms with E-state index >= 15 is 0 Å². The topological polar surface area (TPSA) is 57.0 Å². The number of carbonyl (C=O) groups excluding carboxylic acids is 1. The zero-order valence-corrected chi connectivity index (χ0v) is 9.56. The van der Waals surface area contributed by atoms with Crippen LogP contribution in [-0.4, -0.2) is 27.3 Å². The molecule has 0 aromatic carbocycles. The van der Waals surface area contributed by atoms with Crippen molar-refractivity contribution in [1.29, 1.82) is 0 Å². The van der Waals surface area contributed by atoms with Gasteiger partial charge < -0.3 is 9.30 Å². The van der Waals surface area contributed by atoms with Gasteiger partial charge in [-0.1, -0.05) is 19.3 Å². The summed E-state index contributed by atoms with van der Waals surface area (Å²) >= 11 is 0. The van der Waals surface area contributed by atoms with E-state index in [1.54, 1.807) is 13.3 Å². The summed E-state index contributed by atoms with van der Waals surface area (Å²) in [6.07, 6.45) is 7.56. The van der Waals surface area contributed by atoms with E-state index in [0.29, 0.717) is 18.5 Å². The van der Waals surface area contributed by atoms with Gasteiger partial charge in [0.15, 0.2) is 0 Å². The molecule has 5 heteroatoms. The largest absolute Gasteiger partial charge is 0.460 e. The molecule has 0 aliphatic heterocycles. The second-order valence-electron chi connectivity index (χ2n) is 4.07. The molecule has 0 spiro atoms. The molecule has 0 N–H and O–H groups in total. The Labute approximate surface area is 94.8 Å². The molecule has 16 heavy (non-hydrogen) atoms. The first-order valence-electron chi connectivity index (χ1n) is 5.89. The van der Waals surface area contributed by atoms with Crippen LogP contribution in [-0.2, 0) is 4.74 Å². The fourth-order valence-electron chi connectivity index (χ4n) is 2.21. The molecule has 5 nitrogen and oxygen atoms in total. The van der Waals surface area contributed by atoms with Crippen LogP contribution >= 0.6 is 0 Å². The summed E-state index contributed by atoms with van der Waals surface area (Å²) in [4.78, 5) is 11.6. The predicted octanol–water partition coefficient (Wildman–Crippen LogP) is 1.96. The zero-order valence-electron chi connectivity index (χ0n) is 9.56. The Bertz CT molecular complexity index is 356. The van der Waals surface area contributed by atoms with Crippen LogP contribution in [0.5, 0.6) is 0 Å². The van der Waals surface area contributed by atoms with Gasteiger partial charge in [0.25, 0.3) is 0 Å². The van der Waals surface area contributed by atoms with Gasteiger partial charge in [0.2, 0.25) is 5.82 Å². The van der Waals surface area contributed by atoms with Crippen LogP contribution in [0.4, 0.5) is 0 Å². The van der Waals surface area contributed by atoms with Gasteiger partial charge >= 0.3 is 5.97 Å². The molecule has 0 atom stereocenters. The summed E-state index contributed by atoms with van der Waals surface area (Å²) in [7, 11) is 0. The molecule has 0 saturated heterocycles. The minimum atomic E-state index is -0.370. The van der Waals surface area contributed by atoms with E-state index in [2.05, 4.69) is 10.2 Å². The fourth-order valence-corrected chi connectivity index (χ4v) is 2.21. The monoisotopic (exact) mass is 223 g/mol. The quantitative estimate of drug-likeness (QED) is 0.735. The van der Waals surface area contributed by atoms with Crippen LogP contribution in [0.15, 0.2) is 6.33 Å². The Kier molecular flexibility index (Phi) is 3.54. The van der Waals surface area contributed by atoms with E-state index in [4.69, 9.17) is 4.74 Å². The number of carbonyl (C=O) groups is 1. The van der Waals surface area contributed by atoms with Gasteiger partial charge in [-0.3, -0.25) is 0 Å². The van der Waals surface area contributed by atoms with Crippen molar-refractivity contribution in [3.8, 4) is 0 Å². The zero-order chi connectivity index (χ0) is 11.4. The molecule has 1 aliphatic carbocycles. The van der Waals surface area contributed by atoms with Gasteiger partial charge in [-0.2, -0.15) is 0 Å². The maximum absolute atomic E-state index is 11.6. The number of hydrogen-bond donors (Lipinski definition) is 0. The highest BCUT2D eigenvalue weighted by Gasteiger charge is 2.22. The average Bonchev–Trinajstić information content (AvgIpc) is 2.79. The van der Waals surface area contributed by atoms with Gasteiger partial charge in [-0.05, 0) is 19.8 Å². The van der Waals surface area contributed by atoms with Gasteiger partial charge in [0.1, 0.15) is 6.33 Å². The van der Waals surface area contributed by atoms with Crippen molar-refractivity contribution in [2.75, 3.05) is 6.61 Å². The number of nitrogens with zero attached hydrogens (tertiary/aromatic N) is 3. The van der Waals surface area contributed by atoms with Crippen molar-refractivity contribution >= 4 is 5.97 Å². The van der Waals surface area contributed by atoms with Gasteiger partial charge in [-0.25, -0.2) is 4.79 Å². The highest BCUT2D eigenvalue weighted by atomic mass is 16.5. The van der Waals surface area contributed by atoms with E-state index in [0.717, 1.165) is 12.8 Å². The fraction of sp³-hybridized carbons (Fsp3) is 0.727. The van der Waals surface area contributed by atoms with Gasteiger partial charge in [-0.15, -0.1) is 10.2 Å². The molecule has 88 valence electrons. The SMILES string of the molecule is CCOC(=O)c1nncn1C1CCCCC1. The first kappa shape index (κ1) is 11.1. The number of hydrogen-bond acceptors (Lipinski definition) is 4. The lowest BCUT2D eigenvalue weighted by Gasteiger charge is -2.23. The van der Waals surface area contributed by atoms with Crippen LogP contribution < -0.4 is 0 Å². The predicted molar refractivity (Wildman–Crippen MR) is 58.1 cm³/mol. The van der Waals surface area contributed by atoms with Crippen molar-refractivity contribution in [3.63, 3.8) is 0 Å². The smallest absolute Gasteiger partial charge is 0.376 e. The Balaban J connectivity index is 2.14. The van der Waals surface area contributed by atoms with Gasteiger partial charge in [0, 0.05) is 6.04 Å². The first-order valence-corrected chi connectivity index (χ1v) is 5.89. The molecule has 0 radical (unpaired) electrons. The minimum absolute atomic E-state index is 0.341. The molecule has 1 aliphatic rings. The van der Waals surface area contributed by atoms with Crippen molar-refractivity contribution in [1.82, 2.24) is 14.8 Å². The summed E-state index contributed by atoms with van der Waals surface area (Å²) in [5.74, 6) is -0.0284. The lowest BCUT2D eigenvalue weighted by molar-refractivity contribution is 0.0501. The van der Waals surface area contributed by atoms with E-state index in [9.17, 15) is 4.79 Å². The van der Waals surface area contributed by atoms with Crippen LogP contribution in [0.3, 0.4) is 0 Å². The van der Waals surface area contributed by atoms with Crippen molar-refractivity contribution in [3.05, 3.63) is 12.2 Å². The standard InChI is InChI=1S/C11H17N3O2/c1-2-16-11(15)10-13-12-8-14(10)9-6-4-3-5-7-9/h8-9H,2-7H2,1H3. The molecule has 1 aromatic rings. The molecule has 0 unspecified atom stereocenters. The van der Waals surface area contributed by atoms with E-state index in [1.165, 1.54) is 19.3 Å². The summed E-state index contributed by atoms with van der Waals surface area (Å²) in [5, 5.41) is 7.66. The highest BCUT2D eigenvalue weighted by Crippen LogP contribution is 2.28. The number of esters is 1. The summed E-state index contributed by atoms with van der Waals surface area (Å²) in [6, 6.07) is 0.364. The van der Waals surface area contributed by atoms with Crippen molar-refractivity contribution in [2.24, 2.45) is 0 Å². The molecule has 1 saturated carbocycles. The Morgan fingerprint density at radius 1 is 1.50 bits per heavy atom. The highest BCUT2D eigenvalue weighted by molar-refractivity contribution is 5.85. The first-order chi connectivity index (χ1) is 7.83. The Morgan fingerprint density at radius 2 is 2.25 bits per heavy atom. The minimum Gasteiger partial charge on any atom is -0.460 e. The van der Waals surface area contributed by atoms with Crippen LogP contribution in [0.1, 0.15) is 55.7 Å². The third-order valence-corrected chi connectivity index (χ3v) is 3.00. The molecule has 1 heterocycles. The third kappa shape index (κ3) is 2.23. The molecule has 2 rings (SSSR count). The van der Waals surface area contributed by atoms with Crippen LogP contribution in [0.2, 0.25) is 0 Å². The Hall–Kier alpha value is -1.39. The number of rotatable bonds is 3. The van der Waals surface area contributed by atoms with E-state index < -0.39 is 0 Å². The van der Waals surface area contributed by atoms with Crippen LogP contribution in [0.25, 0.3) is 0 Å². The maximum atomic E-state index is 11.6. The normalized spacial score (nSPS) is 17.3. The number of aromatic nitrogens is 3. The lowest BCUT2D eigenvalue weighted by atomic mass is 9.95. The summed E-state index contributed by atoms with van der Waals surface area (Å²) < 4.78 is 6.83. The van der Waals surface area contributed by atoms with E-state index in [1.807, 2.05) is 4.57 Å². The van der Waals surface area contributed by atoms with Crippen molar-refractivity contribution in [2.45, 2.75) is 45.1 Å². The number of ether oxygens (including phenoxy) is 1. The Morgan fingerprint density at radius 3 is 2.94 bits per heavy atom. The van der Waals surface area contributed by atoms with Crippen molar-refractivity contribution < 1.29 is 9.53 Å². The molecular formula is C11H17N3O2. The molecular weight excluding hydrogens is 206 g/mol. The third-order valence-electron chi connectivity index (χ3n) is 3.00. The molecule has 0 bridgehead atoms. The van der Waals surface area contributed by atoms with Crippen LogP contribution in [0, 0.1) is 0 Å². The van der Waals surface area contributed by atoms with E-state index in [-0.39, 0.29) is 5.97 Å². The molecule has 1 aromatic heterocycles.